The van der Waals surface area contributed by atoms with Gasteiger partial charge in [0.1, 0.15) is 34.7 Å². The first-order valence-electron chi connectivity index (χ1n) is 28.7. The Kier molecular flexibility index (Phi) is 15.2. The van der Waals surface area contributed by atoms with Crippen LogP contribution in [0, 0.1) is 30.5 Å². The van der Waals surface area contributed by atoms with Gasteiger partial charge in [0.2, 0.25) is 11.8 Å². The number of piperidine rings is 1. The Morgan fingerprint density at radius 3 is 2.44 bits per heavy atom. The van der Waals surface area contributed by atoms with Crippen molar-refractivity contribution in [2.24, 2.45) is 17.8 Å². The quantitative estimate of drug-likeness (QED) is 0.0674. The first kappa shape index (κ1) is 53.8. The number of halogens is 1. The number of carbonyl (C=O) groups is 2. The standard InChI is InChI=1S/C61H72FN11O6S/c1-6-39-8-7-9-42-22-45(74)23-47(53(39)42)55-54(62)56-48(26-63-55)58(72-30-43-14-15-44(31-72)66-43)68-61(67-56)78-21-18-37-16-19-70(20-17-37)27-38-28-71(29-38)51-25-50(79-69-51)52(34(2)3)60(77)73-32-46(75)24-49(73)59(76)65-35(4)40-10-12-41(13-11-40)57-36(5)64-33-80-57/h7-13,22-23,25-26,33-35,37-38,43-44,46,49,52,66,74-75H,6,14-21,24,27-32H2,1-5H3,(H,65,76)/t35?,43?,44?,46-,49+,52?/m1/s1. The number of likely N-dealkylation sites (tertiary alicyclic amines) is 2. The lowest BCUT2D eigenvalue weighted by atomic mass is 9.91. The summed E-state index contributed by atoms with van der Waals surface area (Å²) in [6.07, 6.45) is 6.87. The highest BCUT2D eigenvalue weighted by Crippen LogP contribution is 2.40. The summed E-state index contributed by atoms with van der Waals surface area (Å²) in [6, 6.07) is 18.9. The van der Waals surface area contributed by atoms with Crippen LogP contribution in [0.3, 0.4) is 0 Å². The van der Waals surface area contributed by atoms with Crippen molar-refractivity contribution in [1.82, 2.24) is 45.5 Å². The number of rotatable bonds is 17. The molecule has 9 heterocycles. The van der Waals surface area contributed by atoms with Crippen LogP contribution in [0.2, 0.25) is 0 Å². The number of β-amino-alcohol motifs (C(OH)–C–C–N with tert-alkyl or cyclic N) is 1. The second-order valence-electron chi connectivity index (χ2n) is 23.4. The van der Waals surface area contributed by atoms with Crippen LogP contribution < -0.4 is 25.2 Å². The molecule has 5 fully saturated rings. The molecule has 5 saturated heterocycles. The molecule has 80 heavy (non-hydrogen) atoms. The lowest BCUT2D eigenvalue weighted by Crippen LogP contribution is -2.52. The molecule has 0 saturated carbocycles. The van der Waals surface area contributed by atoms with E-state index in [4.69, 9.17) is 24.2 Å². The van der Waals surface area contributed by atoms with E-state index < -0.39 is 23.9 Å². The van der Waals surface area contributed by atoms with Gasteiger partial charge in [0.05, 0.1) is 40.2 Å². The molecule has 0 spiro atoms. The van der Waals surface area contributed by atoms with Crippen LogP contribution in [0.5, 0.6) is 11.8 Å². The zero-order chi connectivity index (χ0) is 55.3. The summed E-state index contributed by atoms with van der Waals surface area (Å²) in [6.45, 7) is 16.5. The fraction of sp³-hybridized carbons (Fsp3) is 0.492. The van der Waals surface area contributed by atoms with Crippen molar-refractivity contribution >= 4 is 56.5 Å². The molecular weight excluding hydrogens is 1030 g/mol. The predicted octanol–water partition coefficient (Wildman–Crippen LogP) is 8.81. The van der Waals surface area contributed by atoms with Crippen molar-refractivity contribution < 1.29 is 33.5 Å². The number of aliphatic hydroxyl groups excluding tert-OH is 1. The van der Waals surface area contributed by atoms with E-state index in [-0.39, 0.29) is 59.7 Å². The number of fused-ring (bicyclic) bond motifs is 4. The Hall–Kier alpha value is -6.80. The van der Waals surface area contributed by atoms with E-state index in [0.29, 0.717) is 58.9 Å². The number of anilines is 2. The number of piperazine rings is 1. The van der Waals surface area contributed by atoms with Gasteiger partial charge in [0.25, 0.3) is 0 Å². The molecule has 0 aliphatic carbocycles. The largest absolute Gasteiger partial charge is 0.508 e. The van der Waals surface area contributed by atoms with Gasteiger partial charge in [-0.05, 0) is 117 Å². The van der Waals surface area contributed by atoms with Crippen molar-refractivity contribution in [3.63, 3.8) is 0 Å². The number of carbonyl (C=O) groups excluding carboxylic acids is 2. The maximum absolute atomic E-state index is 17.1. The van der Waals surface area contributed by atoms with E-state index in [9.17, 15) is 19.8 Å². The molecule has 12 rings (SSSR count). The molecule has 2 bridgehead atoms. The Bertz CT molecular complexity index is 3380. The summed E-state index contributed by atoms with van der Waals surface area (Å²) in [5.74, 6) is 0.845. The number of phenolic OH excluding ortho intramolecular Hbond substituents is 1. The lowest BCUT2D eigenvalue weighted by Gasteiger charge is -2.43. The lowest BCUT2D eigenvalue weighted by molar-refractivity contribution is -0.141. The molecule has 6 atom stereocenters. The summed E-state index contributed by atoms with van der Waals surface area (Å²) in [5, 5.41) is 35.0. The van der Waals surface area contributed by atoms with Crippen molar-refractivity contribution in [1.29, 1.82) is 0 Å². The number of aromatic hydroxyl groups is 1. The fourth-order valence-corrected chi connectivity index (χ4v) is 14.0. The number of phenols is 1. The maximum Gasteiger partial charge on any atom is 0.319 e. The number of aliphatic hydroxyl groups is 1. The summed E-state index contributed by atoms with van der Waals surface area (Å²) in [4.78, 5) is 56.6. The third kappa shape index (κ3) is 10.8. The van der Waals surface area contributed by atoms with Crippen LogP contribution in [0.4, 0.5) is 16.0 Å². The van der Waals surface area contributed by atoms with Gasteiger partial charge in [0, 0.05) is 81.5 Å². The van der Waals surface area contributed by atoms with Gasteiger partial charge in [-0.15, -0.1) is 11.3 Å². The van der Waals surface area contributed by atoms with Gasteiger partial charge in [-0.25, -0.2) is 9.37 Å². The Morgan fingerprint density at radius 2 is 1.71 bits per heavy atom. The van der Waals surface area contributed by atoms with Crippen molar-refractivity contribution in [2.75, 3.05) is 68.8 Å². The molecular formula is C61H72FN11O6S. The normalized spacial score (nSPS) is 21.7. The number of pyridine rings is 1. The number of hydrogen-bond donors (Lipinski definition) is 4. The second kappa shape index (κ2) is 22.6. The molecule has 2 amide bonds. The average molecular weight is 1110 g/mol. The number of thiazole rings is 1. The van der Waals surface area contributed by atoms with Crippen LogP contribution in [0.1, 0.15) is 101 Å². The SMILES string of the molecule is CCc1cccc2cc(O)cc(-c3ncc4c(N5CC6CCC(C5)N6)nc(OCCC5CCN(CC6CN(c7cc(C(C(=O)N8C[C@H](O)C[C@H]8C(=O)NC(C)c8ccc(-c9scnc9C)cc8)C(C)C)on7)C6)CC5)nc4c3F)c12. The van der Waals surface area contributed by atoms with Crippen LogP contribution in [-0.4, -0.2) is 140 Å². The van der Waals surface area contributed by atoms with Crippen molar-refractivity contribution in [2.45, 2.75) is 116 Å². The molecule has 5 aliphatic heterocycles. The number of hydrogen-bond acceptors (Lipinski definition) is 16. The van der Waals surface area contributed by atoms with E-state index in [2.05, 4.69) is 42.4 Å². The Morgan fingerprint density at radius 1 is 0.938 bits per heavy atom. The zero-order valence-electron chi connectivity index (χ0n) is 46.3. The Balaban J connectivity index is 0.640. The average Bonchev–Trinajstić information content (AvgIpc) is 4.30. The number of ether oxygens (including phenoxy) is 1. The number of amides is 2. The first-order chi connectivity index (χ1) is 38.7. The predicted molar refractivity (Wildman–Crippen MR) is 307 cm³/mol. The highest BCUT2D eigenvalue weighted by Gasteiger charge is 2.44. The molecule has 19 heteroatoms. The van der Waals surface area contributed by atoms with Gasteiger partial charge in [0.15, 0.2) is 17.4 Å². The third-order valence-electron chi connectivity index (χ3n) is 17.5. The molecule has 0 radical (unpaired) electrons. The molecule has 4 aromatic heterocycles. The van der Waals surface area contributed by atoms with Crippen LogP contribution >= 0.6 is 11.3 Å². The minimum absolute atomic E-state index is 0.0455. The Labute approximate surface area is 469 Å². The smallest absolute Gasteiger partial charge is 0.319 e. The number of nitrogens with one attached hydrogen (secondary N) is 2. The fourth-order valence-electron chi connectivity index (χ4n) is 13.2. The summed E-state index contributed by atoms with van der Waals surface area (Å²) in [5.41, 5.74) is 6.70. The molecule has 4 unspecified atom stereocenters. The molecule has 4 N–H and O–H groups in total. The molecule has 420 valence electrons. The van der Waals surface area contributed by atoms with Crippen molar-refractivity contribution in [3.8, 4) is 33.5 Å². The highest BCUT2D eigenvalue weighted by atomic mass is 32.1. The molecule has 5 aliphatic rings. The van der Waals surface area contributed by atoms with Gasteiger partial charge in [-0.1, -0.05) is 68.4 Å². The second-order valence-corrected chi connectivity index (χ2v) is 24.2. The number of benzene rings is 3. The summed E-state index contributed by atoms with van der Waals surface area (Å²) >= 11 is 1.59. The van der Waals surface area contributed by atoms with E-state index in [1.54, 1.807) is 29.7 Å². The van der Waals surface area contributed by atoms with E-state index in [1.165, 1.54) is 4.90 Å². The maximum atomic E-state index is 17.1. The number of aryl methyl sites for hydroxylation is 2. The number of aromatic nitrogens is 5. The summed E-state index contributed by atoms with van der Waals surface area (Å²) < 4.78 is 29.4. The first-order valence-corrected chi connectivity index (χ1v) is 29.6. The van der Waals surface area contributed by atoms with Gasteiger partial charge >= 0.3 is 6.01 Å². The van der Waals surface area contributed by atoms with E-state index in [1.807, 2.05) is 81.7 Å². The zero-order valence-corrected chi connectivity index (χ0v) is 47.1. The van der Waals surface area contributed by atoms with Crippen molar-refractivity contribution in [3.05, 3.63) is 101 Å². The molecule has 3 aromatic carbocycles. The minimum atomic E-state index is -0.817. The summed E-state index contributed by atoms with van der Waals surface area (Å²) in [7, 11) is 0. The van der Waals surface area contributed by atoms with Gasteiger partial charge in [-0.3, -0.25) is 14.6 Å². The number of nitrogens with zero attached hydrogens (tertiary/aromatic N) is 9. The molecule has 17 nitrogen and oxygen atoms in total. The molecule has 7 aromatic rings. The van der Waals surface area contributed by atoms with Crippen LogP contribution in [0.25, 0.3) is 43.4 Å². The van der Waals surface area contributed by atoms with Gasteiger partial charge in [-0.2, -0.15) is 9.97 Å². The topological polar surface area (TPSA) is 198 Å². The minimum Gasteiger partial charge on any atom is -0.508 e. The monoisotopic (exact) mass is 1110 g/mol. The van der Waals surface area contributed by atoms with E-state index in [0.717, 1.165) is 122 Å². The van der Waals surface area contributed by atoms with Crippen LogP contribution in [0.15, 0.2) is 76.9 Å². The van der Waals surface area contributed by atoms with Gasteiger partial charge < -0.3 is 49.7 Å². The van der Waals surface area contributed by atoms with Crippen LogP contribution in [-0.2, 0) is 16.0 Å². The van der Waals surface area contributed by atoms with E-state index >= 15 is 4.39 Å². The third-order valence-corrected chi connectivity index (χ3v) is 18.5. The highest BCUT2D eigenvalue weighted by molar-refractivity contribution is 7.13.